The molecule has 1 N–H and O–H groups in total. The number of anilines is 1. The normalized spacial score (nSPS) is 23.4. The zero-order valence-electron chi connectivity index (χ0n) is 11.3. The SMILES string of the molecule is CCC1CC(Nc2cccc3cnccc23)CCO1. The Morgan fingerprint density at radius 1 is 1.37 bits per heavy atom. The molecule has 2 heterocycles. The Hall–Kier alpha value is -1.61. The first-order chi connectivity index (χ1) is 9.36. The molecule has 2 atom stereocenters. The first kappa shape index (κ1) is 12.4. The standard InChI is InChI=1S/C16H20N2O/c1-2-14-10-13(7-9-19-14)18-16-5-3-4-12-11-17-8-6-15(12)16/h3-6,8,11,13-14,18H,2,7,9-10H2,1H3. The topological polar surface area (TPSA) is 34.2 Å². The van der Waals surface area contributed by atoms with Crippen molar-refractivity contribution in [1.82, 2.24) is 4.98 Å². The maximum atomic E-state index is 5.73. The van der Waals surface area contributed by atoms with Crippen LogP contribution in [0.15, 0.2) is 36.7 Å². The van der Waals surface area contributed by atoms with E-state index in [2.05, 4.69) is 41.5 Å². The van der Waals surface area contributed by atoms with Gasteiger partial charge in [-0.1, -0.05) is 19.1 Å². The van der Waals surface area contributed by atoms with Gasteiger partial charge in [-0.05, 0) is 31.4 Å². The summed E-state index contributed by atoms with van der Waals surface area (Å²) in [5.41, 5.74) is 1.21. The molecule has 0 radical (unpaired) electrons. The van der Waals surface area contributed by atoms with Gasteiger partial charge in [-0.25, -0.2) is 0 Å². The van der Waals surface area contributed by atoms with E-state index in [0.29, 0.717) is 12.1 Å². The predicted molar refractivity (Wildman–Crippen MR) is 78.4 cm³/mol. The molecule has 1 saturated heterocycles. The summed E-state index contributed by atoms with van der Waals surface area (Å²) in [6.07, 6.45) is 7.45. The highest BCUT2D eigenvalue weighted by molar-refractivity contribution is 5.93. The maximum absolute atomic E-state index is 5.73. The van der Waals surface area contributed by atoms with Gasteiger partial charge >= 0.3 is 0 Å². The third kappa shape index (κ3) is 2.71. The Kier molecular flexibility index (Phi) is 3.65. The fraction of sp³-hybridized carbons (Fsp3) is 0.438. The summed E-state index contributed by atoms with van der Waals surface area (Å²) in [7, 11) is 0. The lowest BCUT2D eigenvalue weighted by Gasteiger charge is -2.30. The average Bonchev–Trinajstić information content (AvgIpc) is 2.48. The maximum Gasteiger partial charge on any atom is 0.0592 e. The lowest BCUT2D eigenvalue weighted by molar-refractivity contribution is 0.00927. The number of pyridine rings is 1. The number of fused-ring (bicyclic) bond motifs is 1. The van der Waals surface area contributed by atoms with E-state index >= 15 is 0 Å². The molecule has 1 fully saturated rings. The number of rotatable bonds is 3. The van der Waals surface area contributed by atoms with Crippen LogP contribution >= 0.6 is 0 Å². The van der Waals surface area contributed by atoms with Crippen molar-refractivity contribution in [2.45, 2.75) is 38.3 Å². The summed E-state index contributed by atoms with van der Waals surface area (Å²) in [6.45, 7) is 3.05. The highest BCUT2D eigenvalue weighted by Gasteiger charge is 2.21. The number of hydrogen-bond acceptors (Lipinski definition) is 3. The highest BCUT2D eigenvalue weighted by Crippen LogP contribution is 2.26. The van der Waals surface area contributed by atoms with Crippen molar-refractivity contribution in [2.24, 2.45) is 0 Å². The molecule has 0 saturated carbocycles. The Morgan fingerprint density at radius 2 is 2.32 bits per heavy atom. The molecule has 1 aromatic carbocycles. The molecule has 0 amide bonds. The van der Waals surface area contributed by atoms with Crippen LogP contribution in [0.4, 0.5) is 5.69 Å². The predicted octanol–water partition coefficient (Wildman–Crippen LogP) is 3.60. The van der Waals surface area contributed by atoms with Crippen LogP contribution in [0.5, 0.6) is 0 Å². The fourth-order valence-electron chi connectivity index (χ4n) is 2.76. The largest absolute Gasteiger partial charge is 0.382 e. The Morgan fingerprint density at radius 3 is 3.21 bits per heavy atom. The van der Waals surface area contributed by atoms with Gasteiger partial charge in [-0.2, -0.15) is 0 Å². The number of benzene rings is 1. The Bertz CT molecular complexity index is 550. The summed E-state index contributed by atoms with van der Waals surface area (Å²) in [5, 5.41) is 6.11. The van der Waals surface area contributed by atoms with Crippen molar-refractivity contribution in [1.29, 1.82) is 0 Å². The van der Waals surface area contributed by atoms with Crippen LogP contribution in [-0.2, 0) is 4.74 Å². The third-order valence-electron chi connectivity index (χ3n) is 3.86. The molecular weight excluding hydrogens is 236 g/mol. The summed E-state index contributed by atoms with van der Waals surface area (Å²) < 4.78 is 5.73. The number of ether oxygens (including phenoxy) is 1. The fourth-order valence-corrected chi connectivity index (χ4v) is 2.76. The molecule has 19 heavy (non-hydrogen) atoms. The van der Waals surface area contributed by atoms with Crippen LogP contribution in [-0.4, -0.2) is 23.7 Å². The molecule has 3 heteroatoms. The van der Waals surface area contributed by atoms with E-state index in [-0.39, 0.29) is 0 Å². The van der Waals surface area contributed by atoms with Crippen molar-refractivity contribution in [3.8, 4) is 0 Å². The van der Waals surface area contributed by atoms with Crippen molar-refractivity contribution in [2.75, 3.05) is 11.9 Å². The second-order valence-electron chi connectivity index (χ2n) is 5.17. The number of aromatic nitrogens is 1. The Labute approximate surface area is 114 Å². The van der Waals surface area contributed by atoms with E-state index in [9.17, 15) is 0 Å². The molecule has 2 unspecified atom stereocenters. The van der Waals surface area contributed by atoms with Crippen LogP contribution in [0.2, 0.25) is 0 Å². The quantitative estimate of drug-likeness (QED) is 0.911. The molecule has 0 bridgehead atoms. The lowest BCUT2D eigenvalue weighted by Crippen LogP contribution is -2.33. The molecule has 1 aromatic heterocycles. The molecule has 0 aliphatic carbocycles. The minimum absolute atomic E-state index is 0.405. The molecular formula is C16H20N2O. The van der Waals surface area contributed by atoms with Gasteiger partial charge in [0.15, 0.2) is 0 Å². The van der Waals surface area contributed by atoms with Gasteiger partial charge in [-0.3, -0.25) is 4.98 Å². The second-order valence-corrected chi connectivity index (χ2v) is 5.17. The summed E-state index contributed by atoms with van der Waals surface area (Å²) in [6, 6.07) is 8.93. The van der Waals surface area contributed by atoms with Crippen molar-refractivity contribution >= 4 is 16.5 Å². The van der Waals surface area contributed by atoms with Gasteiger partial charge in [-0.15, -0.1) is 0 Å². The van der Waals surface area contributed by atoms with E-state index in [4.69, 9.17) is 4.74 Å². The van der Waals surface area contributed by atoms with E-state index in [1.54, 1.807) is 0 Å². The van der Waals surface area contributed by atoms with E-state index in [1.807, 2.05) is 12.4 Å². The molecule has 1 aliphatic rings. The first-order valence-electron chi connectivity index (χ1n) is 7.07. The molecule has 2 aromatic rings. The second kappa shape index (κ2) is 5.57. The van der Waals surface area contributed by atoms with Gasteiger partial charge < -0.3 is 10.1 Å². The van der Waals surface area contributed by atoms with Crippen molar-refractivity contribution < 1.29 is 4.74 Å². The first-order valence-corrected chi connectivity index (χ1v) is 7.07. The lowest BCUT2D eigenvalue weighted by atomic mass is 10.0. The molecule has 1 aliphatic heterocycles. The summed E-state index contributed by atoms with van der Waals surface area (Å²) in [5.74, 6) is 0. The number of nitrogens with zero attached hydrogens (tertiary/aromatic N) is 1. The zero-order valence-corrected chi connectivity index (χ0v) is 11.3. The van der Waals surface area contributed by atoms with Crippen LogP contribution in [0, 0.1) is 0 Å². The van der Waals surface area contributed by atoms with Gasteiger partial charge in [0.1, 0.15) is 0 Å². The Balaban J connectivity index is 1.81. The molecule has 3 nitrogen and oxygen atoms in total. The third-order valence-corrected chi connectivity index (χ3v) is 3.86. The van der Waals surface area contributed by atoms with Crippen LogP contribution in [0.25, 0.3) is 10.8 Å². The molecule has 3 rings (SSSR count). The van der Waals surface area contributed by atoms with E-state index in [0.717, 1.165) is 25.9 Å². The van der Waals surface area contributed by atoms with E-state index in [1.165, 1.54) is 16.5 Å². The van der Waals surface area contributed by atoms with Gasteiger partial charge in [0, 0.05) is 41.5 Å². The summed E-state index contributed by atoms with van der Waals surface area (Å²) >= 11 is 0. The van der Waals surface area contributed by atoms with Crippen LogP contribution in [0.1, 0.15) is 26.2 Å². The van der Waals surface area contributed by atoms with Crippen molar-refractivity contribution in [3.05, 3.63) is 36.7 Å². The number of hydrogen-bond donors (Lipinski definition) is 1. The number of nitrogens with one attached hydrogen (secondary N) is 1. The van der Waals surface area contributed by atoms with Gasteiger partial charge in [0.25, 0.3) is 0 Å². The zero-order chi connectivity index (χ0) is 13.1. The van der Waals surface area contributed by atoms with Crippen LogP contribution in [0.3, 0.4) is 0 Å². The minimum atomic E-state index is 0.405. The van der Waals surface area contributed by atoms with Gasteiger partial charge in [0.05, 0.1) is 6.10 Å². The van der Waals surface area contributed by atoms with Crippen molar-refractivity contribution in [3.63, 3.8) is 0 Å². The van der Waals surface area contributed by atoms with Gasteiger partial charge in [0.2, 0.25) is 0 Å². The average molecular weight is 256 g/mol. The van der Waals surface area contributed by atoms with E-state index < -0.39 is 0 Å². The summed E-state index contributed by atoms with van der Waals surface area (Å²) in [4.78, 5) is 4.18. The highest BCUT2D eigenvalue weighted by atomic mass is 16.5. The smallest absolute Gasteiger partial charge is 0.0592 e. The molecule has 0 spiro atoms. The minimum Gasteiger partial charge on any atom is -0.382 e. The monoisotopic (exact) mass is 256 g/mol. The van der Waals surface area contributed by atoms with Crippen LogP contribution < -0.4 is 5.32 Å². The molecule has 100 valence electrons.